The zero-order chi connectivity index (χ0) is 20.1. The fraction of sp³-hybridized carbons (Fsp3) is 0.529. The van der Waals surface area contributed by atoms with Gasteiger partial charge in [0.05, 0.1) is 31.0 Å². The topological polar surface area (TPSA) is 149 Å². The highest BCUT2D eigenvalue weighted by Crippen LogP contribution is 2.39. The van der Waals surface area contributed by atoms with Gasteiger partial charge in [0.2, 0.25) is 5.91 Å². The van der Waals surface area contributed by atoms with Gasteiger partial charge in [0.1, 0.15) is 17.4 Å². The zero-order valence-electron chi connectivity index (χ0n) is 15.1. The van der Waals surface area contributed by atoms with Crippen molar-refractivity contribution in [2.24, 2.45) is 0 Å². The number of aryl methyl sites for hydroxylation is 1. The molecule has 1 unspecified atom stereocenters. The van der Waals surface area contributed by atoms with Gasteiger partial charge in [-0.05, 0) is 24.5 Å². The largest absolute Gasteiger partial charge is 0.669 e. The second kappa shape index (κ2) is 6.92. The number of carbonyl (C=O) groups excluding carboxylic acids is 1. The number of hydrogen-bond donors (Lipinski definition) is 5. The molecule has 11 heteroatoms. The molecule has 3 heterocycles. The molecule has 1 aromatic carbocycles. The highest BCUT2D eigenvalue weighted by molar-refractivity contribution is 6.59. The number of nitrogens with zero attached hydrogens (tertiary/aromatic N) is 1. The van der Waals surface area contributed by atoms with Crippen LogP contribution in [0.5, 0.6) is 11.5 Å². The average molecular weight is 393 g/mol. The van der Waals surface area contributed by atoms with Crippen molar-refractivity contribution in [3.63, 3.8) is 0 Å². The molecule has 0 aromatic heterocycles. The number of hydrogen-bond acceptors (Lipinski definition) is 8. The van der Waals surface area contributed by atoms with E-state index in [1.54, 1.807) is 11.0 Å². The van der Waals surface area contributed by atoms with Gasteiger partial charge in [0.25, 0.3) is 0 Å². The van der Waals surface area contributed by atoms with Crippen LogP contribution >= 0.6 is 0 Å². The molecule has 4 rings (SSSR count). The number of nitrogens with one attached hydrogen (secondary N) is 1. The van der Waals surface area contributed by atoms with Crippen LogP contribution in [0.3, 0.4) is 0 Å². The van der Waals surface area contributed by atoms with E-state index in [0.29, 0.717) is 31.6 Å². The molecule has 1 amide bonds. The predicted molar refractivity (Wildman–Crippen MR) is 96.1 cm³/mol. The van der Waals surface area contributed by atoms with Gasteiger partial charge in [0, 0.05) is 6.54 Å². The molecule has 1 aromatic rings. The number of benzene rings is 1. The summed E-state index contributed by atoms with van der Waals surface area (Å²) in [6.07, 6.45) is -0.251. The Morgan fingerprint density at radius 1 is 1.29 bits per heavy atom. The molecule has 0 bridgehead atoms. The number of rotatable bonds is 4. The second-order valence-corrected chi connectivity index (χ2v) is 7.58. The summed E-state index contributed by atoms with van der Waals surface area (Å²) in [5.41, 5.74) is 0.318. The number of likely N-dealkylation sites (tertiary alicyclic amines) is 1. The van der Waals surface area contributed by atoms with Crippen LogP contribution in [0.25, 0.3) is 0 Å². The fourth-order valence-corrected chi connectivity index (χ4v) is 3.83. The number of aliphatic hydroxyl groups is 1. The summed E-state index contributed by atoms with van der Waals surface area (Å²) in [5, 5.41) is 41.6. The summed E-state index contributed by atoms with van der Waals surface area (Å²) < 4.78 is 10.9. The fourth-order valence-electron chi connectivity index (χ4n) is 3.83. The molecule has 2 fully saturated rings. The van der Waals surface area contributed by atoms with E-state index in [0.717, 1.165) is 0 Å². The molecule has 28 heavy (non-hydrogen) atoms. The van der Waals surface area contributed by atoms with Crippen molar-refractivity contribution >= 4 is 18.6 Å². The molecule has 2 atom stereocenters. The van der Waals surface area contributed by atoms with Gasteiger partial charge in [-0.1, -0.05) is 12.4 Å². The number of amides is 1. The molecule has 5 N–H and O–H groups in total. The maximum absolute atomic E-state index is 12.3. The molecule has 10 nitrogen and oxygen atoms in total. The van der Waals surface area contributed by atoms with Crippen molar-refractivity contribution in [1.82, 2.24) is 10.2 Å². The lowest BCUT2D eigenvalue weighted by Crippen LogP contribution is -2.59. The van der Waals surface area contributed by atoms with E-state index < -0.39 is 24.9 Å². The summed E-state index contributed by atoms with van der Waals surface area (Å²) in [6, 6.07) is 2.76. The molecule has 0 radical (unpaired) electrons. The minimum atomic E-state index is -3.10. The Labute approximate surface area is 160 Å². The standard InChI is InChI=1S/C17H22BN2O8/c21-10-5-12(19-6-10)16(22)20-7-11(8-20)27-13-2-1-9-3-4-18(25,26)28-15(9)14(13)17(23)24/h1-2,10-12,19,21,25-26H,3-8H2,(H,23,24)/q-1/t10?,12-/m0/s1. The predicted octanol–water partition coefficient (Wildman–Crippen LogP) is -1.44. The highest BCUT2D eigenvalue weighted by atomic mass is 16.6. The van der Waals surface area contributed by atoms with Crippen LogP contribution in [0.15, 0.2) is 12.1 Å². The van der Waals surface area contributed by atoms with Crippen molar-refractivity contribution < 1.29 is 39.2 Å². The van der Waals surface area contributed by atoms with Crippen LogP contribution in [-0.2, 0) is 11.2 Å². The van der Waals surface area contributed by atoms with Gasteiger partial charge in [-0.3, -0.25) is 4.79 Å². The van der Waals surface area contributed by atoms with E-state index >= 15 is 0 Å². The zero-order valence-corrected chi connectivity index (χ0v) is 15.1. The lowest BCUT2D eigenvalue weighted by Gasteiger charge is -2.41. The van der Waals surface area contributed by atoms with Gasteiger partial charge < -0.3 is 39.9 Å². The Hall–Kier alpha value is -2.34. The van der Waals surface area contributed by atoms with Crippen LogP contribution in [-0.4, -0.2) is 81.7 Å². The van der Waals surface area contributed by atoms with Crippen LogP contribution in [0.4, 0.5) is 0 Å². The Kier molecular flexibility index (Phi) is 4.70. The summed E-state index contributed by atoms with van der Waals surface area (Å²) in [7, 11) is 0. The number of β-amino-alcohol motifs (C(OH)–C–C–N with tert-alkyl or cyclic N) is 1. The number of ether oxygens (including phenoxy) is 1. The van der Waals surface area contributed by atoms with E-state index in [1.165, 1.54) is 6.07 Å². The Balaban J connectivity index is 1.45. The Bertz CT molecular complexity index is 811. The first-order chi connectivity index (χ1) is 13.2. The molecule has 3 aliphatic heterocycles. The number of carboxylic acid groups (broad SMARTS) is 1. The molecule has 2 saturated heterocycles. The molecular formula is C17H22BN2O8-. The third-order valence-electron chi connectivity index (χ3n) is 5.37. The van der Waals surface area contributed by atoms with Crippen LogP contribution in [0, 0.1) is 0 Å². The van der Waals surface area contributed by atoms with Gasteiger partial charge >= 0.3 is 12.7 Å². The van der Waals surface area contributed by atoms with Gasteiger partial charge in [0.15, 0.2) is 0 Å². The van der Waals surface area contributed by atoms with Crippen LogP contribution in [0.2, 0.25) is 6.32 Å². The van der Waals surface area contributed by atoms with Gasteiger partial charge in [-0.2, -0.15) is 0 Å². The summed E-state index contributed by atoms with van der Waals surface area (Å²) in [6.45, 7) is -2.10. The number of carboxylic acids is 1. The van der Waals surface area contributed by atoms with Gasteiger partial charge in [-0.15, -0.1) is 0 Å². The van der Waals surface area contributed by atoms with Crippen molar-refractivity contribution in [3.05, 3.63) is 23.3 Å². The summed E-state index contributed by atoms with van der Waals surface area (Å²) >= 11 is 0. The molecule has 0 spiro atoms. The van der Waals surface area contributed by atoms with Gasteiger partial charge in [-0.25, -0.2) is 4.79 Å². The van der Waals surface area contributed by atoms with Crippen molar-refractivity contribution in [3.8, 4) is 11.5 Å². The number of aliphatic hydroxyl groups excluding tert-OH is 1. The van der Waals surface area contributed by atoms with E-state index in [1.807, 2.05) is 0 Å². The quantitative estimate of drug-likeness (QED) is 0.388. The number of carbonyl (C=O) groups is 2. The molecule has 0 aliphatic carbocycles. The third-order valence-corrected chi connectivity index (χ3v) is 5.37. The Morgan fingerprint density at radius 3 is 2.68 bits per heavy atom. The van der Waals surface area contributed by atoms with Crippen LogP contribution in [0.1, 0.15) is 22.3 Å². The van der Waals surface area contributed by atoms with E-state index in [2.05, 4.69) is 5.32 Å². The van der Waals surface area contributed by atoms with Crippen molar-refractivity contribution in [2.45, 2.75) is 37.4 Å². The third kappa shape index (κ3) is 3.53. The summed E-state index contributed by atoms with van der Waals surface area (Å²) in [4.78, 5) is 25.7. The van der Waals surface area contributed by atoms with Crippen molar-refractivity contribution in [2.75, 3.05) is 19.6 Å². The van der Waals surface area contributed by atoms with E-state index in [9.17, 15) is 29.9 Å². The first-order valence-electron chi connectivity index (χ1n) is 9.29. The lowest BCUT2D eigenvalue weighted by atomic mass is 9.70. The molecule has 0 saturated carbocycles. The maximum atomic E-state index is 12.3. The minimum Gasteiger partial charge on any atom is -0.669 e. The molecule has 152 valence electrons. The second-order valence-electron chi connectivity index (χ2n) is 7.58. The molecule has 3 aliphatic rings. The maximum Gasteiger partial charge on any atom is 0.430 e. The first kappa shape index (κ1) is 19.0. The number of fused-ring (bicyclic) bond motifs is 1. The summed E-state index contributed by atoms with van der Waals surface area (Å²) in [5.74, 6) is -1.43. The lowest BCUT2D eigenvalue weighted by molar-refractivity contribution is -0.142. The Morgan fingerprint density at radius 2 is 2.04 bits per heavy atom. The van der Waals surface area contributed by atoms with E-state index in [4.69, 9.17) is 9.39 Å². The van der Waals surface area contributed by atoms with E-state index in [-0.39, 0.29) is 41.8 Å². The van der Waals surface area contributed by atoms with Crippen LogP contribution < -0.4 is 14.7 Å². The normalized spacial score (nSPS) is 26.2. The minimum absolute atomic E-state index is 0.00411. The SMILES string of the molecule is O=C(O)c1c(OC2CN(C(=O)[C@@H]3CC(O)CN3)C2)ccc2c1O[B-](O)(O)CC2. The number of aromatic carboxylic acids is 1. The first-order valence-corrected chi connectivity index (χ1v) is 9.29. The van der Waals surface area contributed by atoms with Crippen molar-refractivity contribution in [1.29, 1.82) is 0 Å². The highest BCUT2D eigenvalue weighted by Gasteiger charge is 2.39. The smallest absolute Gasteiger partial charge is 0.430 e. The monoisotopic (exact) mass is 393 g/mol. The average Bonchev–Trinajstić information content (AvgIpc) is 3.02. The molecular weight excluding hydrogens is 371 g/mol.